The van der Waals surface area contributed by atoms with Crippen molar-refractivity contribution in [1.82, 2.24) is 14.8 Å². The van der Waals surface area contributed by atoms with Crippen molar-refractivity contribution in [2.45, 2.75) is 41.0 Å². The van der Waals surface area contributed by atoms with Crippen molar-refractivity contribution in [3.63, 3.8) is 0 Å². The Balaban J connectivity index is 1.52. The zero-order chi connectivity index (χ0) is 21.8. The molecule has 2 amide bonds. The predicted molar refractivity (Wildman–Crippen MR) is 122 cm³/mol. The summed E-state index contributed by atoms with van der Waals surface area (Å²) in [6.45, 7) is 13.3. The van der Waals surface area contributed by atoms with Gasteiger partial charge in [0.05, 0.1) is 17.2 Å². The molecule has 2 heterocycles. The van der Waals surface area contributed by atoms with Crippen LogP contribution in [0.4, 0.5) is 5.69 Å². The van der Waals surface area contributed by atoms with Crippen molar-refractivity contribution >= 4 is 28.8 Å². The molecule has 0 atom stereocenters. The van der Waals surface area contributed by atoms with Gasteiger partial charge in [0.1, 0.15) is 4.88 Å². The van der Waals surface area contributed by atoms with Crippen LogP contribution in [0.2, 0.25) is 0 Å². The van der Waals surface area contributed by atoms with E-state index in [9.17, 15) is 9.59 Å². The Bertz CT molecular complexity index is 914. The van der Waals surface area contributed by atoms with Crippen molar-refractivity contribution in [3.8, 4) is 0 Å². The maximum atomic E-state index is 13.0. The zero-order valence-corrected chi connectivity index (χ0v) is 19.4. The number of aryl methyl sites for hydroxylation is 2. The van der Waals surface area contributed by atoms with Gasteiger partial charge in [-0.3, -0.25) is 14.5 Å². The van der Waals surface area contributed by atoms with Gasteiger partial charge in [-0.25, -0.2) is 4.98 Å². The van der Waals surface area contributed by atoms with Gasteiger partial charge in [0.25, 0.3) is 5.91 Å². The summed E-state index contributed by atoms with van der Waals surface area (Å²) >= 11 is 1.52. The molecule has 0 unspecified atom stereocenters. The summed E-state index contributed by atoms with van der Waals surface area (Å²) in [7, 11) is 0. The van der Waals surface area contributed by atoms with Crippen molar-refractivity contribution in [3.05, 3.63) is 44.9 Å². The van der Waals surface area contributed by atoms with Gasteiger partial charge < -0.3 is 10.2 Å². The van der Waals surface area contributed by atoms with Crippen LogP contribution in [0, 0.1) is 26.7 Å². The number of amides is 2. The summed E-state index contributed by atoms with van der Waals surface area (Å²) in [5.41, 5.74) is 3.95. The first-order valence-corrected chi connectivity index (χ1v) is 11.4. The number of nitrogens with one attached hydrogen (secondary N) is 1. The van der Waals surface area contributed by atoms with Crippen molar-refractivity contribution in [2.75, 3.05) is 38.0 Å². The van der Waals surface area contributed by atoms with Gasteiger partial charge in [-0.2, -0.15) is 0 Å². The monoisotopic (exact) mass is 428 g/mol. The number of carbonyl (C=O) groups is 2. The minimum absolute atomic E-state index is 0.0138. The maximum absolute atomic E-state index is 13.0. The molecule has 0 radical (unpaired) electrons. The highest BCUT2D eigenvalue weighted by Crippen LogP contribution is 2.23. The Morgan fingerprint density at radius 3 is 2.50 bits per heavy atom. The lowest BCUT2D eigenvalue weighted by molar-refractivity contribution is -0.117. The van der Waals surface area contributed by atoms with Crippen LogP contribution in [0.5, 0.6) is 0 Å². The molecule has 7 heteroatoms. The number of anilines is 1. The summed E-state index contributed by atoms with van der Waals surface area (Å²) < 4.78 is 0. The van der Waals surface area contributed by atoms with Gasteiger partial charge in [0, 0.05) is 38.3 Å². The molecule has 2 aromatic rings. The Hall–Kier alpha value is -2.25. The SMILES string of the molecule is Cc1cccc(NC(=O)CN2CCN(C(=O)c3sc(CC(C)C)nc3C)CC2)c1C. The number of rotatable bonds is 6. The van der Waals surface area contributed by atoms with Crippen LogP contribution >= 0.6 is 11.3 Å². The fraction of sp³-hybridized carbons (Fsp3) is 0.522. The Labute approximate surface area is 183 Å². The summed E-state index contributed by atoms with van der Waals surface area (Å²) in [6, 6.07) is 5.93. The number of carbonyl (C=O) groups excluding carboxylic acids is 2. The smallest absolute Gasteiger partial charge is 0.265 e. The van der Waals surface area contributed by atoms with Crippen LogP contribution in [0.1, 0.15) is 45.3 Å². The molecular weight excluding hydrogens is 396 g/mol. The van der Waals surface area contributed by atoms with Gasteiger partial charge in [-0.15, -0.1) is 11.3 Å². The Morgan fingerprint density at radius 1 is 1.13 bits per heavy atom. The lowest BCUT2D eigenvalue weighted by Crippen LogP contribution is -2.50. The number of nitrogens with zero attached hydrogens (tertiary/aromatic N) is 3. The summed E-state index contributed by atoms with van der Waals surface area (Å²) in [6.07, 6.45) is 0.905. The molecular formula is C23H32N4O2S. The van der Waals surface area contributed by atoms with Crippen molar-refractivity contribution in [1.29, 1.82) is 0 Å². The summed E-state index contributed by atoms with van der Waals surface area (Å²) in [4.78, 5) is 34.8. The molecule has 6 nitrogen and oxygen atoms in total. The van der Waals surface area contributed by atoms with Crippen LogP contribution in [0.15, 0.2) is 18.2 Å². The Morgan fingerprint density at radius 2 is 1.83 bits per heavy atom. The van der Waals surface area contributed by atoms with E-state index in [4.69, 9.17) is 0 Å². The quantitative estimate of drug-likeness (QED) is 0.763. The molecule has 0 bridgehead atoms. The van der Waals surface area contributed by atoms with Crippen LogP contribution in [-0.4, -0.2) is 59.3 Å². The zero-order valence-electron chi connectivity index (χ0n) is 18.6. The minimum atomic E-state index is -0.0138. The first-order chi connectivity index (χ1) is 14.2. The third kappa shape index (κ3) is 5.46. The minimum Gasteiger partial charge on any atom is -0.335 e. The van der Waals surface area contributed by atoms with E-state index in [0.29, 0.717) is 38.6 Å². The van der Waals surface area contributed by atoms with E-state index in [1.54, 1.807) is 0 Å². The van der Waals surface area contributed by atoms with E-state index in [0.717, 1.165) is 38.8 Å². The molecule has 1 saturated heterocycles. The van der Waals surface area contributed by atoms with E-state index in [2.05, 4.69) is 29.0 Å². The molecule has 1 N–H and O–H groups in total. The number of hydrogen-bond acceptors (Lipinski definition) is 5. The third-order valence-electron chi connectivity index (χ3n) is 5.52. The standard InChI is InChI=1S/C23H32N4O2S/c1-15(2)13-21-24-18(5)22(30-21)23(29)27-11-9-26(10-12-27)14-20(28)25-19-8-6-7-16(3)17(19)4/h6-8,15H,9-14H2,1-5H3,(H,25,28). The van der Waals surface area contributed by atoms with E-state index < -0.39 is 0 Å². The molecule has 0 saturated carbocycles. The van der Waals surface area contributed by atoms with Crippen LogP contribution in [-0.2, 0) is 11.2 Å². The van der Waals surface area contributed by atoms with E-state index in [1.807, 2.05) is 43.9 Å². The maximum Gasteiger partial charge on any atom is 0.265 e. The highest BCUT2D eigenvalue weighted by molar-refractivity contribution is 7.13. The first-order valence-electron chi connectivity index (χ1n) is 10.6. The average Bonchev–Trinajstić information content (AvgIpc) is 3.04. The molecule has 1 aromatic carbocycles. The van der Waals surface area contributed by atoms with Crippen LogP contribution < -0.4 is 5.32 Å². The number of benzene rings is 1. The molecule has 1 aliphatic heterocycles. The van der Waals surface area contributed by atoms with Crippen LogP contribution in [0.25, 0.3) is 0 Å². The largest absolute Gasteiger partial charge is 0.335 e. The fourth-order valence-corrected chi connectivity index (χ4v) is 4.86. The number of thiazole rings is 1. The predicted octanol–water partition coefficient (Wildman–Crippen LogP) is 3.66. The lowest BCUT2D eigenvalue weighted by Gasteiger charge is -2.34. The van der Waals surface area contributed by atoms with E-state index in [1.165, 1.54) is 11.3 Å². The third-order valence-corrected chi connectivity index (χ3v) is 6.69. The first kappa shape index (κ1) is 22.4. The van der Waals surface area contributed by atoms with Gasteiger partial charge in [0.15, 0.2) is 0 Å². The molecule has 3 rings (SSSR count). The summed E-state index contributed by atoms with van der Waals surface area (Å²) in [5.74, 6) is 0.580. The number of aromatic nitrogens is 1. The molecule has 30 heavy (non-hydrogen) atoms. The second kappa shape index (κ2) is 9.71. The highest BCUT2D eigenvalue weighted by atomic mass is 32.1. The second-order valence-electron chi connectivity index (χ2n) is 8.48. The molecule has 1 aliphatic rings. The number of piperazine rings is 1. The average molecular weight is 429 g/mol. The fourth-order valence-electron chi connectivity index (χ4n) is 3.62. The highest BCUT2D eigenvalue weighted by Gasteiger charge is 2.26. The van der Waals surface area contributed by atoms with Gasteiger partial charge in [-0.1, -0.05) is 26.0 Å². The molecule has 1 aromatic heterocycles. The van der Waals surface area contributed by atoms with Gasteiger partial charge >= 0.3 is 0 Å². The molecule has 162 valence electrons. The number of hydrogen-bond donors (Lipinski definition) is 1. The molecule has 0 spiro atoms. The topological polar surface area (TPSA) is 65.5 Å². The second-order valence-corrected chi connectivity index (χ2v) is 9.57. The van der Waals surface area contributed by atoms with Crippen molar-refractivity contribution < 1.29 is 9.59 Å². The summed E-state index contributed by atoms with van der Waals surface area (Å²) in [5, 5.41) is 4.05. The molecule has 1 fully saturated rings. The van der Waals surface area contributed by atoms with Gasteiger partial charge in [-0.05, 0) is 43.9 Å². The van der Waals surface area contributed by atoms with Gasteiger partial charge in [0.2, 0.25) is 5.91 Å². The van der Waals surface area contributed by atoms with Crippen LogP contribution in [0.3, 0.4) is 0 Å². The van der Waals surface area contributed by atoms with E-state index in [-0.39, 0.29) is 11.8 Å². The van der Waals surface area contributed by atoms with E-state index >= 15 is 0 Å². The lowest BCUT2D eigenvalue weighted by atomic mass is 10.1. The van der Waals surface area contributed by atoms with Crippen molar-refractivity contribution in [2.24, 2.45) is 5.92 Å². The Kier molecular flexibility index (Phi) is 7.26. The normalized spacial score (nSPS) is 14.9. The molecule has 0 aliphatic carbocycles.